The molecule has 0 aromatic heterocycles. The molecule has 1 amide bonds. The number of amides is 1. The summed E-state index contributed by atoms with van der Waals surface area (Å²) in [5.41, 5.74) is 0. The fraction of sp³-hybridized carbons (Fsp3) is 0.846. The molecule has 0 aliphatic carbocycles. The van der Waals surface area contributed by atoms with E-state index in [1.54, 1.807) is 0 Å². The molecule has 18 heavy (non-hydrogen) atoms. The number of methoxy groups -OCH3 is 1. The Bertz CT molecular complexity index is 253. The van der Waals surface area contributed by atoms with Gasteiger partial charge in [0.05, 0.1) is 7.11 Å². The molecule has 0 saturated carbocycles. The Morgan fingerprint density at radius 2 is 1.94 bits per heavy atom. The summed E-state index contributed by atoms with van der Waals surface area (Å²) in [5, 5.41) is 2.71. The lowest BCUT2D eigenvalue weighted by Gasteiger charge is -2.18. The maximum atomic E-state index is 11.6. The van der Waals surface area contributed by atoms with E-state index < -0.39 is 6.04 Å². The lowest BCUT2D eigenvalue weighted by atomic mass is 10.0. The molecule has 0 spiro atoms. The minimum Gasteiger partial charge on any atom is -0.467 e. The van der Waals surface area contributed by atoms with E-state index in [0.29, 0.717) is 38.4 Å². The van der Waals surface area contributed by atoms with Crippen LogP contribution in [0, 0.1) is 5.92 Å². The summed E-state index contributed by atoms with van der Waals surface area (Å²) < 4.78 is 9.83. The molecular formula is C13H25NO4. The summed E-state index contributed by atoms with van der Waals surface area (Å²) >= 11 is 0. The van der Waals surface area contributed by atoms with Crippen molar-refractivity contribution in [2.75, 3.05) is 20.3 Å². The zero-order valence-electron chi connectivity index (χ0n) is 11.8. The number of carbonyl (C=O) groups is 2. The van der Waals surface area contributed by atoms with E-state index in [2.05, 4.69) is 10.1 Å². The molecule has 1 unspecified atom stereocenters. The number of rotatable bonds is 9. The molecule has 106 valence electrons. The Hall–Kier alpha value is -1.10. The van der Waals surface area contributed by atoms with Crippen molar-refractivity contribution in [3.8, 4) is 0 Å². The van der Waals surface area contributed by atoms with E-state index in [1.165, 1.54) is 7.11 Å². The van der Waals surface area contributed by atoms with Crippen LogP contribution in [0.15, 0.2) is 0 Å². The molecule has 0 radical (unpaired) electrons. The van der Waals surface area contributed by atoms with Gasteiger partial charge in [-0.05, 0) is 25.7 Å². The Morgan fingerprint density at radius 1 is 1.28 bits per heavy atom. The third kappa shape index (κ3) is 8.06. The average Bonchev–Trinajstić information content (AvgIpc) is 2.32. The molecule has 0 bridgehead atoms. The molecule has 0 saturated heterocycles. The first kappa shape index (κ1) is 16.9. The van der Waals surface area contributed by atoms with Crippen molar-refractivity contribution in [3.63, 3.8) is 0 Å². The maximum absolute atomic E-state index is 11.6. The first-order valence-corrected chi connectivity index (χ1v) is 6.46. The number of nitrogens with one attached hydrogen (secondary N) is 1. The first-order valence-electron chi connectivity index (χ1n) is 6.46. The molecule has 0 rings (SSSR count). The second-order valence-corrected chi connectivity index (χ2v) is 4.57. The van der Waals surface area contributed by atoms with E-state index in [0.717, 1.165) is 0 Å². The van der Waals surface area contributed by atoms with E-state index in [9.17, 15) is 9.59 Å². The Balaban J connectivity index is 4.06. The minimum atomic E-state index is -0.547. The van der Waals surface area contributed by atoms with Crippen molar-refractivity contribution in [2.24, 2.45) is 5.92 Å². The summed E-state index contributed by atoms with van der Waals surface area (Å²) in [6, 6.07) is -0.547. The number of esters is 1. The van der Waals surface area contributed by atoms with Crippen LogP contribution < -0.4 is 5.32 Å². The topological polar surface area (TPSA) is 64.6 Å². The van der Waals surface area contributed by atoms with E-state index >= 15 is 0 Å². The van der Waals surface area contributed by atoms with Crippen LogP contribution in [0.1, 0.15) is 40.0 Å². The van der Waals surface area contributed by atoms with E-state index in [-0.39, 0.29) is 11.9 Å². The molecule has 0 aliphatic rings. The summed E-state index contributed by atoms with van der Waals surface area (Å²) in [4.78, 5) is 23.1. The smallest absolute Gasteiger partial charge is 0.328 e. The monoisotopic (exact) mass is 259 g/mol. The normalized spacial score (nSPS) is 12.3. The highest BCUT2D eigenvalue weighted by Crippen LogP contribution is 2.06. The standard InChI is InChI=1S/C13H25NO4/c1-5-18-8-6-7-12(15)14-11(9-10(2)3)13(16)17-4/h10-11H,5-9H2,1-4H3,(H,14,15). The molecule has 0 aromatic rings. The molecule has 0 aromatic carbocycles. The van der Waals surface area contributed by atoms with Gasteiger partial charge in [0.15, 0.2) is 0 Å². The van der Waals surface area contributed by atoms with Crippen LogP contribution >= 0.6 is 0 Å². The predicted molar refractivity (Wildman–Crippen MR) is 69.1 cm³/mol. The Kier molecular flexibility index (Phi) is 9.28. The number of hydrogen-bond donors (Lipinski definition) is 1. The van der Waals surface area contributed by atoms with Crippen molar-refractivity contribution in [2.45, 2.75) is 46.1 Å². The minimum absolute atomic E-state index is 0.134. The van der Waals surface area contributed by atoms with Gasteiger partial charge in [-0.25, -0.2) is 4.79 Å². The first-order chi connectivity index (χ1) is 8.51. The van der Waals surface area contributed by atoms with Gasteiger partial charge in [-0.2, -0.15) is 0 Å². The lowest BCUT2D eigenvalue weighted by Crippen LogP contribution is -2.42. The summed E-state index contributed by atoms with van der Waals surface area (Å²) in [6.07, 6.45) is 1.62. The molecule has 0 heterocycles. The molecule has 1 atom stereocenters. The molecule has 1 N–H and O–H groups in total. The number of carbonyl (C=O) groups excluding carboxylic acids is 2. The zero-order valence-corrected chi connectivity index (χ0v) is 11.8. The van der Waals surface area contributed by atoms with Crippen LogP contribution in [0.3, 0.4) is 0 Å². The third-order valence-corrected chi connectivity index (χ3v) is 2.42. The SMILES string of the molecule is CCOCCCC(=O)NC(CC(C)C)C(=O)OC. The Morgan fingerprint density at radius 3 is 2.44 bits per heavy atom. The van der Waals surface area contributed by atoms with Crippen LogP contribution in [0.2, 0.25) is 0 Å². The van der Waals surface area contributed by atoms with Gasteiger partial charge in [-0.1, -0.05) is 13.8 Å². The van der Waals surface area contributed by atoms with Gasteiger partial charge in [0.25, 0.3) is 0 Å². The quantitative estimate of drug-likeness (QED) is 0.503. The summed E-state index contributed by atoms with van der Waals surface area (Å²) in [7, 11) is 1.33. The van der Waals surface area contributed by atoms with Gasteiger partial charge in [0.1, 0.15) is 6.04 Å². The average molecular weight is 259 g/mol. The van der Waals surface area contributed by atoms with Gasteiger partial charge in [-0.3, -0.25) is 4.79 Å². The van der Waals surface area contributed by atoms with Crippen LogP contribution in [-0.4, -0.2) is 38.2 Å². The highest BCUT2D eigenvalue weighted by Gasteiger charge is 2.22. The Labute approximate surface area is 109 Å². The van der Waals surface area contributed by atoms with Gasteiger partial charge in [-0.15, -0.1) is 0 Å². The van der Waals surface area contributed by atoms with Crippen molar-refractivity contribution in [1.82, 2.24) is 5.32 Å². The largest absolute Gasteiger partial charge is 0.467 e. The van der Waals surface area contributed by atoms with E-state index in [4.69, 9.17) is 4.74 Å². The predicted octanol–water partition coefficient (Wildman–Crippen LogP) is 1.51. The molecular weight excluding hydrogens is 234 g/mol. The van der Waals surface area contributed by atoms with Crippen molar-refractivity contribution < 1.29 is 19.1 Å². The second kappa shape index (κ2) is 9.88. The fourth-order valence-electron chi connectivity index (χ4n) is 1.57. The van der Waals surface area contributed by atoms with Gasteiger partial charge < -0.3 is 14.8 Å². The second-order valence-electron chi connectivity index (χ2n) is 4.57. The van der Waals surface area contributed by atoms with Gasteiger partial charge in [0, 0.05) is 19.6 Å². The highest BCUT2D eigenvalue weighted by molar-refractivity contribution is 5.84. The van der Waals surface area contributed by atoms with Crippen LogP contribution in [-0.2, 0) is 19.1 Å². The van der Waals surface area contributed by atoms with Crippen LogP contribution in [0.25, 0.3) is 0 Å². The van der Waals surface area contributed by atoms with Gasteiger partial charge >= 0.3 is 5.97 Å². The van der Waals surface area contributed by atoms with Crippen LogP contribution in [0.4, 0.5) is 0 Å². The van der Waals surface area contributed by atoms with Gasteiger partial charge in [0.2, 0.25) is 5.91 Å². The molecule has 5 nitrogen and oxygen atoms in total. The molecule has 5 heteroatoms. The van der Waals surface area contributed by atoms with Crippen molar-refractivity contribution >= 4 is 11.9 Å². The fourth-order valence-corrected chi connectivity index (χ4v) is 1.57. The third-order valence-electron chi connectivity index (χ3n) is 2.42. The van der Waals surface area contributed by atoms with Crippen molar-refractivity contribution in [1.29, 1.82) is 0 Å². The molecule has 0 fully saturated rings. The summed E-state index contributed by atoms with van der Waals surface area (Å²) in [6.45, 7) is 7.13. The number of ether oxygens (including phenoxy) is 2. The zero-order chi connectivity index (χ0) is 14.0. The van der Waals surface area contributed by atoms with Crippen molar-refractivity contribution in [3.05, 3.63) is 0 Å². The summed E-state index contributed by atoms with van der Waals surface area (Å²) in [5.74, 6) is -0.203. The number of hydrogen-bond acceptors (Lipinski definition) is 4. The lowest BCUT2D eigenvalue weighted by molar-refractivity contribution is -0.145. The highest BCUT2D eigenvalue weighted by atomic mass is 16.5. The van der Waals surface area contributed by atoms with Crippen LogP contribution in [0.5, 0.6) is 0 Å². The van der Waals surface area contributed by atoms with E-state index in [1.807, 2.05) is 20.8 Å². The molecule has 0 aliphatic heterocycles. The maximum Gasteiger partial charge on any atom is 0.328 e.